The van der Waals surface area contributed by atoms with E-state index in [-0.39, 0.29) is 12.0 Å². The molecule has 0 bridgehead atoms. The maximum atomic E-state index is 12.5. The van der Waals surface area contributed by atoms with Gasteiger partial charge in [0.25, 0.3) is 5.56 Å². The van der Waals surface area contributed by atoms with Gasteiger partial charge in [-0.2, -0.15) is 0 Å². The lowest BCUT2D eigenvalue weighted by Crippen LogP contribution is -2.31. The molecule has 5 atom stereocenters. The largest absolute Gasteiger partial charge is 0.343 e. The van der Waals surface area contributed by atoms with E-state index in [1.54, 1.807) is 18.4 Å². The molecule has 0 amide bonds. The number of hydrogen-bond acceptors (Lipinski definition) is 4. The summed E-state index contributed by atoms with van der Waals surface area (Å²) in [5.41, 5.74) is -2.34. The molecule has 0 spiro atoms. The summed E-state index contributed by atoms with van der Waals surface area (Å²) < 4.78 is 19.7. The second-order valence-electron chi connectivity index (χ2n) is 8.07. The van der Waals surface area contributed by atoms with Crippen LogP contribution >= 0.6 is 7.60 Å². The molecule has 1 aliphatic carbocycles. The molecule has 2 rings (SSSR count). The van der Waals surface area contributed by atoms with E-state index >= 15 is 0 Å². The number of aromatic amines is 1. The van der Waals surface area contributed by atoms with E-state index in [1.807, 2.05) is 13.8 Å². The van der Waals surface area contributed by atoms with Crippen molar-refractivity contribution in [2.45, 2.75) is 71.2 Å². The summed E-state index contributed by atoms with van der Waals surface area (Å²) in [4.78, 5) is 35.8. The van der Waals surface area contributed by atoms with Gasteiger partial charge >= 0.3 is 13.3 Å². The maximum Gasteiger partial charge on any atom is 0.343 e. The Balaban J connectivity index is 2.10. The molecule has 1 saturated carbocycles. The van der Waals surface area contributed by atoms with Crippen LogP contribution in [-0.2, 0) is 9.09 Å². The van der Waals surface area contributed by atoms with E-state index in [0.29, 0.717) is 12.3 Å². The maximum absolute atomic E-state index is 12.5. The fraction of sp³-hybridized carbons (Fsp3) is 0.684. The van der Waals surface area contributed by atoms with E-state index in [0.717, 1.165) is 12.8 Å². The minimum Gasteiger partial charge on any atom is -0.323 e. The van der Waals surface area contributed by atoms with Crippen LogP contribution < -0.4 is 11.2 Å². The van der Waals surface area contributed by atoms with Crippen LogP contribution in [0.25, 0.3) is 0 Å². The van der Waals surface area contributed by atoms with Crippen LogP contribution in [0, 0.1) is 23.7 Å². The summed E-state index contributed by atoms with van der Waals surface area (Å²) in [5.74, 6) is 5.90. The smallest absolute Gasteiger partial charge is 0.323 e. The van der Waals surface area contributed by atoms with Crippen LogP contribution in [0.2, 0.25) is 0 Å². The minimum absolute atomic E-state index is 0.00374. The lowest BCUT2D eigenvalue weighted by molar-refractivity contribution is 0.0590. The first-order valence-corrected chi connectivity index (χ1v) is 10.9. The number of rotatable bonds is 6. The average Bonchev–Trinajstić information content (AvgIpc) is 2.86. The first-order chi connectivity index (χ1) is 12.4. The second-order valence-corrected chi connectivity index (χ2v) is 10.2. The summed E-state index contributed by atoms with van der Waals surface area (Å²) in [6.07, 6.45) is 3.69. The molecule has 150 valence electrons. The Kier molecular flexibility index (Phi) is 6.57. The number of H-pyrrole nitrogens is 1. The van der Waals surface area contributed by atoms with Gasteiger partial charge in [-0.05, 0) is 58.8 Å². The predicted octanol–water partition coefficient (Wildman–Crippen LogP) is 2.91. The monoisotopic (exact) mass is 396 g/mol. The number of aromatic nitrogens is 2. The van der Waals surface area contributed by atoms with Gasteiger partial charge in [0, 0.05) is 18.3 Å². The van der Waals surface area contributed by atoms with E-state index in [2.05, 4.69) is 23.7 Å². The van der Waals surface area contributed by atoms with Gasteiger partial charge in [0.05, 0.1) is 5.60 Å². The lowest BCUT2D eigenvalue weighted by atomic mass is 9.87. The molecular formula is C19H29N2O5P. The van der Waals surface area contributed by atoms with Crippen LogP contribution in [0.3, 0.4) is 0 Å². The standard InChI is InChI=1S/C19H29N2O5P/c1-6-7-14(3)27(24,25)26-19(4,5)12-15-11-16(10-13(15)2)21-9-8-17(22)20-18(21)23/h8-9,13-16H,10-12H2,1-5H3,(H,24,25)(H,20,22,23). The molecule has 5 unspecified atom stereocenters. The summed E-state index contributed by atoms with van der Waals surface area (Å²) in [7, 11) is -3.85. The third-order valence-electron chi connectivity index (χ3n) is 5.24. The summed E-state index contributed by atoms with van der Waals surface area (Å²) in [6, 6.07) is 1.35. The van der Waals surface area contributed by atoms with Gasteiger partial charge in [-0.25, -0.2) is 4.79 Å². The zero-order valence-corrected chi connectivity index (χ0v) is 17.5. The van der Waals surface area contributed by atoms with Gasteiger partial charge < -0.3 is 9.42 Å². The highest BCUT2D eigenvalue weighted by Crippen LogP contribution is 2.53. The van der Waals surface area contributed by atoms with Crippen molar-refractivity contribution in [2.24, 2.45) is 11.8 Å². The molecule has 0 aliphatic heterocycles. The Hall–Kier alpha value is -1.61. The van der Waals surface area contributed by atoms with Crippen molar-refractivity contribution in [1.29, 1.82) is 0 Å². The Morgan fingerprint density at radius 2 is 2.11 bits per heavy atom. The Bertz CT molecular complexity index is 892. The summed E-state index contributed by atoms with van der Waals surface area (Å²) in [5, 5.41) is 0. The molecule has 1 aromatic heterocycles. The molecule has 0 radical (unpaired) electrons. The van der Waals surface area contributed by atoms with Crippen LogP contribution in [0.1, 0.15) is 59.9 Å². The number of nitrogens with zero attached hydrogens (tertiary/aromatic N) is 1. The minimum atomic E-state index is -3.85. The second kappa shape index (κ2) is 8.18. The Labute approximate surface area is 159 Å². The zero-order chi connectivity index (χ0) is 20.4. The SMILES string of the molecule is CC#CC(C)P(=O)(O)OC(C)(C)CC1CC(n2ccc(=O)[nH]c2=O)CC1C. The molecule has 27 heavy (non-hydrogen) atoms. The highest BCUT2D eigenvalue weighted by Gasteiger charge is 2.40. The molecule has 7 nitrogen and oxygen atoms in total. The van der Waals surface area contributed by atoms with E-state index in [9.17, 15) is 19.0 Å². The Morgan fingerprint density at radius 3 is 2.70 bits per heavy atom. The van der Waals surface area contributed by atoms with Gasteiger partial charge in [0.15, 0.2) is 0 Å². The Morgan fingerprint density at radius 1 is 1.44 bits per heavy atom. The zero-order valence-electron chi connectivity index (χ0n) is 16.6. The van der Waals surface area contributed by atoms with Crippen LogP contribution in [0.4, 0.5) is 0 Å². The van der Waals surface area contributed by atoms with Crippen molar-refractivity contribution in [3.63, 3.8) is 0 Å². The van der Waals surface area contributed by atoms with Crippen molar-refractivity contribution in [3.05, 3.63) is 33.1 Å². The lowest BCUT2D eigenvalue weighted by Gasteiger charge is -2.32. The molecule has 0 aromatic carbocycles. The first kappa shape index (κ1) is 21.7. The van der Waals surface area contributed by atoms with E-state index in [4.69, 9.17) is 4.52 Å². The van der Waals surface area contributed by atoms with Gasteiger partial charge in [-0.3, -0.25) is 18.9 Å². The van der Waals surface area contributed by atoms with E-state index in [1.165, 1.54) is 12.3 Å². The van der Waals surface area contributed by atoms with Crippen LogP contribution in [0.5, 0.6) is 0 Å². The molecule has 1 fully saturated rings. The topological polar surface area (TPSA) is 101 Å². The van der Waals surface area contributed by atoms with Crippen LogP contribution in [0.15, 0.2) is 21.9 Å². The van der Waals surface area contributed by atoms with Crippen molar-refractivity contribution in [2.75, 3.05) is 0 Å². The van der Waals surface area contributed by atoms with Crippen molar-refractivity contribution in [1.82, 2.24) is 9.55 Å². The molecule has 1 aliphatic rings. The molecule has 2 N–H and O–H groups in total. The average molecular weight is 396 g/mol. The quantitative estimate of drug-likeness (QED) is 0.569. The molecule has 8 heteroatoms. The first-order valence-electron chi connectivity index (χ1n) is 9.22. The third kappa shape index (κ3) is 5.44. The molecule has 1 aromatic rings. The van der Waals surface area contributed by atoms with Crippen molar-refractivity contribution < 1.29 is 14.0 Å². The number of hydrogen-bond donors (Lipinski definition) is 2. The van der Waals surface area contributed by atoms with Gasteiger partial charge in [-0.1, -0.05) is 12.8 Å². The van der Waals surface area contributed by atoms with Crippen LogP contribution in [-0.4, -0.2) is 25.7 Å². The van der Waals surface area contributed by atoms with Crippen molar-refractivity contribution >= 4 is 7.60 Å². The van der Waals surface area contributed by atoms with Crippen molar-refractivity contribution in [3.8, 4) is 11.8 Å². The van der Waals surface area contributed by atoms with Gasteiger partial charge in [-0.15, -0.1) is 5.92 Å². The normalized spacial score (nSPS) is 26.1. The molecule has 0 saturated heterocycles. The fourth-order valence-corrected chi connectivity index (χ4v) is 5.15. The highest BCUT2D eigenvalue weighted by atomic mass is 31.2. The van der Waals surface area contributed by atoms with Gasteiger partial charge in [0.2, 0.25) is 0 Å². The van der Waals surface area contributed by atoms with E-state index < -0.39 is 30.1 Å². The summed E-state index contributed by atoms with van der Waals surface area (Å²) >= 11 is 0. The van der Waals surface area contributed by atoms with Gasteiger partial charge in [0.1, 0.15) is 5.66 Å². The fourth-order valence-electron chi connectivity index (χ4n) is 3.92. The molecule has 1 heterocycles. The third-order valence-corrected chi connectivity index (χ3v) is 7.11. The predicted molar refractivity (Wildman–Crippen MR) is 105 cm³/mol. The number of nitrogens with one attached hydrogen (secondary N) is 1. The summed E-state index contributed by atoms with van der Waals surface area (Å²) in [6.45, 7) is 8.95. The molecular weight excluding hydrogens is 367 g/mol. The highest BCUT2D eigenvalue weighted by molar-refractivity contribution is 7.54.